The van der Waals surface area contributed by atoms with Gasteiger partial charge in [0.1, 0.15) is 0 Å². The van der Waals surface area contributed by atoms with E-state index in [0.717, 1.165) is 22.3 Å². The van der Waals surface area contributed by atoms with E-state index >= 15 is 0 Å². The smallest absolute Gasteiger partial charge is 0.164 e. The first-order chi connectivity index (χ1) is 29.7. The molecule has 3 nitrogen and oxygen atoms in total. The lowest BCUT2D eigenvalue weighted by Crippen LogP contribution is -2.15. The molecule has 0 amide bonds. The molecule has 2 aliphatic rings. The fourth-order valence-corrected chi connectivity index (χ4v) is 11.5. The van der Waals surface area contributed by atoms with E-state index in [2.05, 4.69) is 204 Å². The number of benzene rings is 8. The van der Waals surface area contributed by atoms with Crippen molar-refractivity contribution in [1.29, 1.82) is 0 Å². The van der Waals surface area contributed by atoms with Crippen LogP contribution in [0.4, 0.5) is 0 Å². The molecule has 12 rings (SSSR count). The molecule has 0 spiro atoms. The van der Waals surface area contributed by atoms with Gasteiger partial charge in [0.05, 0.1) is 0 Å². The third-order valence-corrected chi connectivity index (χ3v) is 14.7. The molecule has 2 aromatic heterocycles. The predicted molar refractivity (Wildman–Crippen MR) is 255 cm³/mol. The molecule has 0 aliphatic heterocycles. The van der Waals surface area contributed by atoms with Gasteiger partial charge in [-0.15, -0.1) is 11.3 Å². The Morgan fingerprint density at radius 1 is 0.311 bits per heavy atom. The molecule has 2 aliphatic carbocycles. The number of fused-ring (bicyclic) bond motifs is 9. The van der Waals surface area contributed by atoms with Crippen LogP contribution in [0.2, 0.25) is 0 Å². The average Bonchev–Trinajstić information content (AvgIpc) is 3.89. The van der Waals surface area contributed by atoms with Crippen molar-refractivity contribution < 1.29 is 0 Å². The van der Waals surface area contributed by atoms with Gasteiger partial charge in [0.25, 0.3) is 0 Å². The maximum Gasteiger partial charge on any atom is 0.164 e. The summed E-state index contributed by atoms with van der Waals surface area (Å²) in [6.45, 7) is 9.27. The van der Waals surface area contributed by atoms with E-state index in [9.17, 15) is 0 Å². The van der Waals surface area contributed by atoms with Gasteiger partial charge in [-0.25, -0.2) is 15.0 Å². The lowest BCUT2D eigenvalue weighted by Gasteiger charge is -2.22. The third-order valence-electron chi connectivity index (χ3n) is 13.4. The number of hydrogen-bond donors (Lipinski definition) is 0. The summed E-state index contributed by atoms with van der Waals surface area (Å²) in [5, 5.41) is 2.58. The molecule has 2 heterocycles. The van der Waals surface area contributed by atoms with Gasteiger partial charge in [-0.2, -0.15) is 0 Å². The number of thiophene rings is 1. The van der Waals surface area contributed by atoms with Gasteiger partial charge in [-0.1, -0.05) is 191 Å². The second-order valence-corrected chi connectivity index (χ2v) is 18.6. The summed E-state index contributed by atoms with van der Waals surface area (Å²) >= 11 is 1.88. The largest absolute Gasteiger partial charge is 0.208 e. The molecular weight excluding hydrogens is 759 g/mol. The van der Waals surface area contributed by atoms with Crippen LogP contribution >= 0.6 is 11.3 Å². The van der Waals surface area contributed by atoms with E-state index in [4.69, 9.17) is 15.0 Å². The summed E-state index contributed by atoms with van der Waals surface area (Å²) in [6.07, 6.45) is 0. The Bertz CT molecular complexity index is 3290. The lowest BCUT2D eigenvalue weighted by molar-refractivity contribution is 0.660. The maximum atomic E-state index is 5.27. The van der Waals surface area contributed by atoms with Crippen molar-refractivity contribution >= 4 is 31.5 Å². The van der Waals surface area contributed by atoms with E-state index < -0.39 is 0 Å². The summed E-state index contributed by atoms with van der Waals surface area (Å²) in [6, 6.07) is 63.9. The first-order valence-electron chi connectivity index (χ1n) is 21.1. The van der Waals surface area contributed by atoms with Crippen LogP contribution in [0.25, 0.3) is 98.8 Å². The van der Waals surface area contributed by atoms with Crippen LogP contribution in [0.3, 0.4) is 0 Å². The van der Waals surface area contributed by atoms with Crippen molar-refractivity contribution in [2.24, 2.45) is 0 Å². The first kappa shape index (κ1) is 35.9. The molecule has 0 atom stereocenters. The molecule has 8 aromatic carbocycles. The fourth-order valence-electron chi connectivity index (χ4n) is 10.1. The Balaban J connectivity index is 0.984. The quantitative estimate of drug-likeness (QED) is 0.174. The summed E-state index contributed by atoms with van der Waals surface area (Å²) in [4.78, 5) is 15.8. The fraction of sp³-hybridized carbons (Fsp3) is 0.105. The minimum atomic E-state index is -0.141. The van der Waals surface area contributed by atoms with Crippen molar-refractivity contribution in [2.45, 2.75) is 38.5 Å². The van der Waals surface area contributed by atoms with Gasteiger partial charge < -0.3 is 0 Å². The summed E-state index contributed by atoms with van der Waals surface area (Å²) in [7, 11) is 0. The highest BCUT2D eigenvalue weighted by Gasteiger charge is 2.37. The van der Waals surface area contributed by atoms with Crippen LogP contribution in [-0.4, -0.2) is 15.0 Å². The zero-order valence-electron chi connectivity index (χ0n) is 34.5. The summed E-state index contributed by atoms with van der Waals surface area (Å²) in [5.74, 6) is 2.00. The minimum absolute atomic E-state index is 0.141. The second kappa shape index (κ2) is 13.2. The van der Waals surface area contributed by atoms with Gasteiger partial charge >= 0.3 is 0 Å². The molecule has 0 N–H and O–H groups in total. The molecule has 0 unspecified atom stereocenters. The highest BCUT2D eigenvalue weighted by atomic mass is 32.1. The molecule has 0 bridgehead atoms. The Hall–Kier alpha value is -7.01. The number of aromatic nitrogens is 3. The molecule has 290 valence electrons. The average molecular weight is 800 g/mol. The van der Waals surface area contributed by atoms with Gasteiger partial charge in [-0.3, -0.25) is 0 Å². The first-order valence-corrected chi connectivity index (χ1v) is 21.9. The van der Waals surface area contributed by atoms with E-state index in [0.29, 0.717) is 17.5 Å². The van der Waals surface area contributed by atoms with Crippen molar-refractivity contribution in [3.63, 3.8) is 0 Å². The van der Waals surface area contributed by atoms with E-state index in [1.807, 2.05) is 11.3 Å². The van der Waals surface area contributed by atoms with Gasteiger partial charge in [0, 0.05) is 47.7 Å². The Morgan fingerprint density at radius 2 is 0.689 bits per heavy atom. The molecule has 10 aromatic rings. The van der Waals surface area contributed by atoms with Crippen molar-refractivity contribution in [2.75, 3.05) is 0 Å². The van der Waals surface area contributed by atoms with Crippen LogP contribution in [0.1, 0.15) is 49.9 Å². The molecule has 4 heteroatoms. The minimum Gasteiger partial charge on any atom is -0.208 e. The monoisotopic (exact) mass is 799 g/mol. The Morgan fingerprint density at radius 3 is 1.20 bits per heavy atom. The number of nitrogens with zero attached hydrogens (tertiary/aromatic N) is 3. The molecule has 0 saturated heterocycles. The van der Waals surface area contributed by atoms with Crippen molar-refractivity contribution in [3.8, 4) is 78.7 Å². The lowest BCUT2D eigenvalue weighted by atomic mass is 9.82. The summed E-state index contributed by atoms with van der Waals surface area (Å²) in [5.41, 5.74) is 18.0. The zero-order valence-corrected chi connectivity index (χ0v) is 35.3. The summed E-state index contributed by atoms with van der Waals surface area (Å²) < 4.78 is 2.61. The third kappa shape index (κ3) is 5.45. The van der Waals surface area contributed by atoms with Crippen LogP contribution in [0, 0.1) is 0 Å². The van der Waals surface area contributed by atoms with Gasteiger partial charge in [0.2, 0.25) is 0 Å². The van der Waals surface area contributed by atoms with Crippen LogP contribution in [-0.2, 0) is 10.8 Å². The molecule has 0 saturated carbocycles. The van der Waals surface area contributed by atoms with Gasteiger partial charge in [0.15, 0.2) is 17.5 Å². The van der Waals surface area contributed by atoms with Crippen molar-refractivity contribution in [1.82, 2.24) is 15.0 Å². The predicted octanol–water partition coefficient (Wildman–Crippen LogP) is 15.2. The molecular formula is C57H41N3S. The Kier molecular flexibility index (Phi) is 7.79. The maximum absolute atomic E-state index is 5.27. The van der Waals surface area contributed by atoms with E-state index in [1.54, 1.807) is 0 Å². The zero-order chi connectivity index (χ0) is 41.0. The highest BCUT2D eigenvalue weighted by molar-refractivity contribution is 7.26. The van der Waals surface area contributed by atoms with Crippen LogP contribution in [0.15, 0.2) is 176 Å². The van der Waals surface area contributed by atoms with E-state index in [1.165, 1.54) is 81.4 Å². The van der Waals surface area contributed by atoms with Crippen LogP contribution < -0.4 is 0 Å². The number of hydrogen-bond acceptors (Lipinski definition) is 4. The highest BCUT2D eigenvalue weighted by Crippen LogP contribution is 2.51. The number of rotatable bonds is 5. The Labute approximate surface area is 360 Å². The molecule has 0 fully saturated rings. The topological polar surface area (TPSA) is 38.7 Å². The molecule has 61 heavy (non-hydrogen) atoms. The normalized spacial score (nSPS) is 14.2. The van der Waals surface area contributed by atoms with Gasteiger partial charge in [-0.05, 0) is 78.9 Å². The second-order valence-electron chi connectivity index (χ2n) is 17.6. The van der Waals surface area contributed by atoms with Crippen molar-refractivity contribution in [3.05, 3.63) is 198 Å². The molecule has 0 radical (unpaired) electrons. The standard InChI is InChI=1S/C57H41N3S/c1-56(2)47-22-10-8-16-41(47)43-30-28-37(32-49(43)56)54-58-53(59-55(60-54)38-29-31-44-42-17-9-11-23-48(42)57(3,4)50(44)33-38)36-26-24-35(25-27-36)40-19-13-21-46-45-20-12-18-39(51(45)61-52(40)46)34-14-6-5-7-15-34/h5-33H,1-4H3. The SMILES string of the molecule is CC1(C)c2ccccc2-c2ccc(-c3nc(-c4ccc(-c5cccc6c5sc5c(-c7ccccc7)cccc56)cc4)nc(-c4ccc5c(c4)C(C)(C)c4ccccc4-5)n3)cc21. The van der Waals surface area contributed by atoms with E-state index in [-0.39, 0.29) is 10.8 Å². The van der Waals surface area contributed by atoms with Crippen LogP contribution in [0.5, 0.6) is 0 Å².